The molecule has 3 nitrogen and oxygen atoms in total. The third-order valence-corrected chi connectivity index (χ3v) is 4.64. The van der Waals surface area contributed by atoms with Crippen LogP contribution in [-0.2, 0) is 6.42 Å². The SMILES string of the molecule is Cc1cccc(C(=O)NC2CCCc3cc(N)ccc32)c1C. The fourth-order valence-corrected chi connectivity index (χ4v) is 3.22. The maximum absolute atomic E-state index is 12.6. The third-order valence-electron chi connectivity index (χ3n) is 4.64. The molecular weight excluding hydrogens is 272 g/mol. The summed E-state index contributed by atoms with van der Waals surface area (Å²) in [6.45, 7) is 4.03. The van der Waals surface area contributed by atoms with Crippen molar-refractivity contribution in [1.29, 1.82) is 0 Å². The number of amides is 1. The van der Waals surface area contributed by atoms with E-state index in [4.69, 9.17) is 5.73 Å². The van der Waals surface area contributed by atoms with Crippen LogP contribution in [-0.4, -0.2) is 5.91 Å². The first-order chi connectivity index (χ1) is 10.6. The Morgan fingerprint density at radius 1 is 1.23 bits per heavy atom. The van der Waals surface area contributed by atoms with Crippen LogP contribution < -0.4 is 11.1 Å². The molecule has 1 atom stereocenters. The summed E-state index contributed by atoms with van der Waals surface area (Å²) in [5.41, 5.74) is 12.1. The number of aryl methyl sites for hydroxylation is 2. The van der Waals surface area contributed by atoms with Crippen LogP contribution in [0.4, 0.5) is 5.69 Å². The first kappa shape index (κ1) is 14.6. The fourth-order valence-electron chi connectivity index (χ4n) is 3.22. The molecule has 0 aromatic heterocycles. The molecule has 114 valence electrons. The van der Waals surface area contributed by atoms with Crippen molar-refractivity contribution in [3.8, 4) is 0 Å². The molecule has 3 rings (SSSR count). The highest BCUT2D eigenvalue weighted by atomic mass is 16.1. The van der Waals surface area contributed by atoms with E-state index in [0.29, 0.717) is 0 Å². The van der Waals surface area contributed by atoms with E-state index in [1.807, 2.05) is 44.2 Å². The zero-order chi connectivity index (χ0) is 15.7. The van der Waals surface area contributed by atoms with Crippen LogP contribution in [0.3, 0.4) is 0 Å². The van der Waals surface area contributed by atoms with Gasteiger partial charge in [0.15, 0.2) is 0 Å². The highest BCUT2D eigenvalue weighted by Crippen LogP contribution is 2.31. The number of anilines is 1. The lowest BCUT2D eigenvalue weighted by Crippen LogP contribution is -2.31. The summed E-state index contributed by atoms with van der Waals surface area (Å²) >= 11 is 0. The maximum Gasteiger partial charge on any atom is 0.252 e. The van der Waals surface area contributed by atoms with Gasteiger partial charge in [0.25, 0.3) is 5.91 Å². The van der Waals surface area contributed by atoms with Crippen LogP contribution in [0, 0.1) is 13.8 Å². The average Bonchev–Trinajstić information content (AvgIpc) is 2.50. The standard InChI is InChI=1S/C19H22N2O/c1-12-5-3-7-16(13(12)2)19(22)21-18-8-4-6-14-11-15(20)9-10-17(14)18/h3,5,7,9-11,18H,4,6,8,20H2,1-2H3,(H,21,22). The number of benzene rings is 2. The van der Waals surface area contributed by atoms with Crippen molar-refractivity contribution in [3.05, 3.63) is 64.2 Å². The molecule has 0 spiro atoms. The number of hydrogen-bond acceptors (Lipinski definition) is 2. The minimum atomic E-state index is 0.0101. The molecule has 2 aromatic carbocycles. The van der Waals surface area contributed by atoms with Crippen molar-refractivity contribution >= 4 is 11.6 Å². The molecule has 3 N–H and O–H groups in total. The predicted molar refractivity (Wildman–Crippen MR) is 89.9 cm³/mol. The van der Waals surface area contributed by atoms with E-state index in [1.165, 1.54) is 11.1 Å². The lowest BCUT2D eigenvalue weighted by atomic mass is 9.87. The van der Waals surface area contributed by atoms with E-state index in [0.717, 1.165) is 41.6 Å². The first-order valence-corrected chi connectivity index (χ1v) is 7.81. The Balaban J connectivity index is 1.85. The normalized spacial score (nSPS) is 16.9. The van der Waals surface area contributed by atoms with Gasteiger partial charge < -0.3 is 11.1 Å². The van der Waals surface area contributed by atoms with Gasteiger partial charge >= 0.3 is 0 Å². The highest BCUT2D eigenvalue weighted by molar-refractivity contribution is 5.96. The number of fused-ring (bicyclic) bond motifs is 1. The number of rotatable bonds is 2. The molecule has 0 fully saturated rings. The van der Waals surface area contributed by atoms with Crippen molar-refractivity contribution < 1.29 is 4.79 Å². The van der Waals surface area contributed by atoms with Gasteiger partial charge in [-0.3, -0.25) is 4.79 Å². The van der Waals surface area contributed by atoms with E-state index >= 15 is 0 Å². The lowest BCUT2D eigenvalue weighted by Gasteiger charge is -2.27. The molecule has 1 amide bonds. The molecule has 0 aliphatic heterocycles. The molecular formula is C19H22N2O. The van der Waals surface area contributed by atoms with E-state index < -0.39 is 0 Å². The molecule has 0 saturated heterocycles. The van der Waals surface area contributed by atoms with Gasteiger partial charge in [-0.2, -0.15) is 0 Å². The Hall–Kier alpha value is -2.29. The number of carbonyl (C=O) groups is 1. The molecule has 3 heteroatoms. The number of nitrogens with one attached hydrogen (secondary N) is 1. The van der Waals surface area contributed by atoms with Gasteiger partial charge in [-0.15, -0.1) is 0 Å². The van der Waals surface area contributed by atoms with Gasteiger partial charge in [0, 0.05) is 11.3 Å². The smallest absolute Gasteiger partial charge is 0.252 e. The largest absolute Gasteiger partial charge is 0.399 e. The summed E-state index contributed by atoms with van der Waals surface area (Å²) in [5, 5.41) is 3.20. The molecule has 22 heavy (non-hydrogen) atoms. The topological polar surface area (TPSA) is 55.1 Å². The van der Waals surface area contributed by atoms with Crippen LogP contribution in [0.15, 0.2) is 36.4 Å². The van der Waals surface area contributed by atoms with Crippen LogP contribution in [0.5, 0.6) is 0 Å². The van der Waals surface area contributed by atoms with Crippen molar-refractivity contribution in [2.24, 2.45) is 0 Å². The second-order valence-electron chi connectivity index (χ2n) is 6.12. The number of nitrogen functional groups attached to an aromatic ring is 1. The summed E-state index contributed by atoms with van der Waals surface area (Å²) in [5.74, 6) is 0.0101. The van der Waals surface area contributed by atoms with E-state index in [2.05, 4.69) is 11.4 Å². The van der Waals surface area contributed by atoms with Crippen LogP contribution in [0.2, 0.25) is 0 Å². The molecule has 0 bridgehead atoms. The fraction of sp³-hybridized carbons (Fsp3) is 0.316. The maximum atomic E-state index is 12.6. The first-order valence-electron chi connectivity index (χ1n) is 7.81. The van der Waals surface area contributed by atoms with Gasteiger partial charge in [-0.25, -0.2) is 0 Å². The molecule has 2 aromatic rings. The third kappa shape index (κ3) is 2.71. The average molecular weight is 294 g/mol. The van der Waals surface area contributed by atoms with Crippen molar-refractivity contribution in [3.63, 3.8) is 0 Å². The summed E-state index contributed by atoms with van der Waals surface area (Å²) in [4.78, 5) is 12.6. The molecule has 1 aliphatic carbocycles. The Morgan fingerprint density at radius 3 is 2.86 bits per heavy atom. The quantitative estimate of drug-likeness (QED) is 0.830. The molecule has 0 radical (unpaired) electrons. The Labute approximate surface area is 131 Å². The summed E-state index contributed by atoms with van der Waals surface area (Å²) in [7, 11) is 0. The second kappa shape index (κ2) is 5.84. The zero-order valence-corrected chi connectivity index (χ0v) is 13.1. The van der Waals surface area contributed by atoms with Crippen LogP contribution in [0.1, 0.15) is 51.5 Å². The Bertz CT molecular complexity index is 721. The minimum Gasteiger partial charge on any atom is -0.399 e. The van der Waals surface area contributed by atoms with Gasteiger partial charge in [-0.1, -0.05) is 18.2 Å². The van der Waals surface area contributed by atoms with Crippen molar-refractivity contribution in [2.45, 2.75) is 39.2 Å². The molecule has 1 unspecified atom stereocenters. The van der Waals surface area contributed by atoms with Gasteiger partial charge in [0.05, 0.1) is 6.04 Å². The number of hydrogen-bond donors (Lipinski definition) is 2. The van der Waals surface area contributed by atoms with E-state index in [9.17, 15) is 4.79 Å². The number of carbonyl (C=O) groups excluding carboxylic acids is 1. The Morgan fingerprint density at radius 2 is 2.05 bits per heavy atom. The predicted octanol–water partition coefficient (Wildman–Crippen LogP) is 3.69. The van der Waals surface area contributed by atoms with Gasteiger partial charge in [0.1, 0.15) is 0 Å². The Kier molecular flexibility index (Phi) is 3.88. The van der Waals surface area contributed by atoms with Gasteiger partial charge in [0.2, 0.25) is 0 Å². The summed E-state index contributed by atoms with van der Waals surface area (Å²) in [6.07, 6.45) is 3.10. The highest BCUT2D eigenvalue weighted by Gasteiger charge is 2.23. The molecule has 0 heterocycles. The van der Waals surface area contributed by atoms with Crippen LogP contribution >= 0.6 is 0 Å². The van der Waals surface area contributed by atoms with E-state index in [1.54, 1.807) is 0 Å². The minimum absolute atomic E-state index is 0.0101. The zero-order valence-electron chi connectivity index (χ0n) is 13.1. The van der Waals surface area contributed by atoms with Crippen molar-refractivity contribution in [1.82, 2.24) is 5.32 Å². The van der Waals surface area contributed by atoms with Crippen LogP contribution in [0.25, 0.3) is 0 Å². The lowest BCUT2D eigenvalue weighted by molar-refractivity contribution is 0.0932. The van der Waals surface area contributed by atoms with Crippen molar-refractivity contribution in [2.75, 3.05) is 5.73 Å². The number of nitrogens with two attached hydrogens (primary N) is 1. The summed E-state index contributed by atoms with van der Waals surface area (Å²) < 4.78 is 0. The second-order valence-corrected chi connectivity index (χ2v) is 6.12. The molecule has 0 saturated carbocycles. The van der Waals surface area contributed by atoms with Gasteiger partial charge in [-0.05, 0) is 73.6 Å². The monoisotopic (exact) mass is 294 g/mol. The summed E-state index contributed by atoms with van der Waals surface area (Å²) in [6, 6.07) is 11.9. The molecule has 1 aliphatic rings. The van der Waals surface area contributed by atoms with E-state index in [-0.39, 0.29) is 11.9 Å².